The molecule has 2 N–H and O–H groups in total. The molecule has 0 amide bonds. The average Bonchev–Trinajstić information content (AvgIpc) is 3.00. The van der Waals surface area contributed by atoms with E-state index in [0.717, 1.165) is 23.4 Å². The number of fused-ring (bicyclic) bond motifs is 1. The van der Waals surface area contributed by atoms with Crippen molar-refractivity contribution in [2.75, 3.05) is 0 Å². The number of phenolic OH excluding ortho intramolecular Hbond substituents is 1. The van der Waals surface area contributed by atoms with E-state index in [0.29, 0.717) is 11.8 Å². The fourth-order valence-electron chi connectivity index (χ4n) is 3.40. The first-order valence-electron chi connectivity index (χ1n) is 7.68. The molecule has 1 fully saturated rings. The van der Waals surface area contributed by atoms with Crippen molar-refractivity contribution in [1.29, 1.82) is 0 Å². The largest absolute Gasteiger partial charge is 0.508 e. The summed E-state index contributed by atoms with van der Waals surface area (Å²) in [5.41, 5.74) is 1.02. The molecule has 3 rings (SSSR count). The van der Waals surface area contributed by atoms with Gasteiger partial charge in [0.15, 0.2) is 0 Å². The molecule has 2 aromatic rings. The van der Waals surface area contributed by atoms with Gasteiger partial charge in [0.05, 0.1) is 0 Å². The smallest absolute Gasteiger partial charge is 0.120 e. The summed E-state index contributed by atoms with van der Waals surface area (Å²) in [6, 6.07) is 12.6. The van der Waals surface area contributed by atoms with Crippen LogP contribution in [0.2, 0.25) is 0 Å². The Labute approximate surface area is 120 Å². The molecule has 1 aliphatic rings. The summed E-state index contributed by atoms with van der Waals surface area (Å²) in [7, 11) is 0. The van der Waals surface area contributed by atoms with Crippen LogP contribution in [-0.4, -0.2) is 11.1 Å². The van der Waals surface area contributed by atoms with Gasteiger partial charge in [0.25, 0.3) is 0 Å². The van der Waals surface area contributed by atoms with Gasteiger partial charge in [-0.25, -0.2) is 0 Å². The van der Waals surface area contributed by atoms with Crippen molar-refractivity contribution in [3.63, 3.8) is 0 Å². The van der Waals surface area contributed by atoms with Crippen molar-refractivity contribution in [3.05, 3.63) is 42.0 Å². The molecule has 0 aromatic heterocycles. The Kier molecular flexibility index (Phi) is 3.93. The topological polar surface area (TPSA) is 32.3 Å². The predicted octanol–water partition coefficient (Wildman–Crippen LogP) is 4.21. The predicted molar refractivity (Wildman–Crippen MR) is 83.9 cm³/mol. The first-order chi connectivity index (χ1) is 9.75. The highest BCUT2D eigenvalue weighted by Crippen LogP contribution is 2.29. The molecule has 0 aliphatic heterocycles. The summed E-state index contributed by atoms with van der Waals surface area (Å²) in [6.45, 7) is 3.02. The van der Waals surface area contributed by atoms with Gasteiger partial charge in [0.2, 0.25) is 0 Å². The number of hydrogen-bond acceptors (Lipinski definition) is 2. The van der Waals surface area contributed by atoms with E-state index in [-0.39, 0.29) is 0 Å². The molecule has 106 valence electrons. The van der Waals surface area contributed by atoms with Gasteiger partial charge in [0.1, 0.15) is 5.75 Å². The lowest BCUT2D eigenvalue weighted by atomic mass is 9.98. The minimum absolute atomic E-state index is 0.398. The van der Waals surface area contributed by atoms with Crippen LogP contribution in [0.3, 0.4) is 0 Å². The quantitative estimate of drug-likeness (QED) is 0.871. The molecule has 1 atom stereocenters. The number of hydrogen-bond donors (Lipinski definition) is 2. The third kappa shape index (κ3) is 2.66. The first kappa shape index (κ1) is 13.4. The second-order valence-electron chi connectivity index (χ2n) is 6.00. The van der Waals surface area contributed by atoms with Crippen molar-refractivity contribution < 1.29 is 5.11 Å². The summed E-state index contributed by atoms with van der Waals surface area (Å²) in [4.78, 5) is 0. The van der Waals surface area contributed by atoms with E-state index < -0.39 is 0 Å². The summed E-state index contributed by atoms with van der Waals surface area (Å²) < 4.78 is 0. The maximum absolute atomic E-state index is 10.1. The molecule has 0 saturated heterocycles. The van der Waals surface area contributed by atoms with Gasteiger partial charge in [0, 0.05) is 18.2 Å². The van der Waals surface area contributed by atoms with Crippen molar-refractivity contribution >= 4 is 10.8 Å². The molecule has 2 aromatic carbocycles. The second-order valence-corrected chi connectivity index (χ2v) is 6.00. The number of aromatic hydroxyl groups is 1. The second kappa shape index (κ2) is 5.84. The maximum atomic E-state index is 10.1. The van der Waals surface area contributed by atoms with Crippen LogP contribution >= 0.6 is 0 Å². The Morgan fingerprint density at radius 2 is 1.90 bits per heavy atom. The van der Waals surface area contributed by atoms with Gasteiger partial charge < -0.3 is 10.4 Å². The molecule has 0 bridgehead atoms. The van der Waals surface area contributed by atoms with Gasteiger partial charge in [-0.3, -0.25) is 0 Å². The lowest BCUT2D eigenvalue weighted by Crippen LogP contribution is -2.31. The Morgan fingerprint density at radius 1 is 1.15 bits per heavy atom. The molecule has 0 heterocycles. The highest BCUT2D eigenvalue weighted by molar-refractivity contribution is 5.87. The zero-order chi connectivity index (χ0) is 13.9. The van der Waals surface area contributed by atoms with Gasteiger partial charge in [-0.2, -0.15) is 0 Å². The highest BCUT2D eigenvalue weighted by atomic mass is 16.3. The fraction of sp³-hybridized carbons (Fsp3) is 0.444. The van der Waals surface area contributed by atoms with Crippen molar-refractivity contribution in [2.45, 2.75) is 45.2 Å². The van der Waals surface area contributed by atoms with Gasteiger partial charge in [-0.15, -0.1) is 0 Å². The van der Waals surface area contributed by atoms with Crippen molar-refractivity contribution in [1.82, 2.24) is 5.32 Å². The highest BCUT2D eigenvalue weighted by Gasteiger charge is 2.21. The molecule has 0 radical (unpaired) electrons. The zero-order valence-corrected chi connectivity index (χ0v) is 12.1. The first-order valence-corrected chi connectivity index (χ1v) is 7.68. The van der Waals surface area contributed by atoms with E-state index in [2.05, 4.69) is 24.4 Å². The third-order valence-electron chi connectivity index (χ3n) is 4.72. The maximum Gasteiger partial charge on any atom is 0.120 e. The van der Waals surface area contributed by atoms with Gasteiger partial charge in [-0.1, -0.05) is 43.2 Å². The lowest BCUT2D eigenvalue weighted by Gasteiger charge is -2.21. The van der Waals surface area contributed by atoms with Gasteiger partial charge >= 0.3 is 0 Å². The van der Waals surface area contributed by atoms with Crippen LogP contribution in [0.15, 0.2) is 36.4 Å². The van der Waals surface area contributed by atoms with Crippen LogP contribution < -0.4 is 5.32 Å². The summed E-state index contributed by atoms with van der Waals surface area (Å²) in [5, 5.41) is 16.1. The van der Waals surface area contributed by atoms with Crippen LogP contribution in [-0.2, 0) is 6.54 Å². The van der Waals surface area contributed by atoms with E-state index in [1.807, 2.05) is 18.2 Å². The summed E-state index contributed by atoms with van der Waals surface area (Å²) in [6.07, 6.45) is 5.43. The Bertz CT molecular complexity index is 587. The fourth-order valence-corrected chi connectivity index (χ4v) is 3.40. The number of nitrogens with one attached hydrogen (secondary N) is 1. The normalized spacial score (nSPS) is 17.6. The Morgan fingerprint density at radius 3 is 2.70 bits per heavy atom. The molecule has 20 heavy (non-hydrogen) atoms. The zero-order valence-electron chi connectivity index (χ0n) is 12.1. The minimum Gasteiger partial charge on any atom is -0.508 e. The minimum atomic E-state index is 0.398. The monoisotopic (exact) mass is 269 g/mol. The molecule has 2 nitrogen and oxygen atoms in total. The standard InChI is InChI=1S/C18H23NO/c1-13(14-6-2-3-7-14)19-12-17-16-9-5-4-8-15(16)10-11-18(17)20/h4-5,8-11,13-14,19-20H,2-3,6-7,12H2,1H3/t13-/m0/s1. The van der Waals surface area contributed by atoms with Crippen molar-refractivity contribution in [3.8, 4) is 5.75 Å². The van der Waals surface area contributed by atoms with E-state index in [1.54, 1.807) is 6.07 Å². The molecule has 1 aliphatic carbocycles. The number of benzene rings is 2. The van der Waals surface area contributed by atoms with Crippen LogP contribution in [0.5, 0.6) is 5.75 Å². The molecule has 0 spiro atoms. The Hall–Kier alpha value is -1.54. The Balaban J connectivity index is 1.78. The molecule has 2 heteroatoms. The van der Waals surface area contributed by atoms with E-state index >= 15 is 0 Å². The van der Waals surface area contributed by atoms with Crippen LogP contribution in [0.4, 0.5) is 0 Å². The van der Waals surface area contributed by atoms with E-state index in [1.165, 1.54) is 31.1 Å². The molecule has 1 saturated carbocycles. The van der Waals surface area contributed by atoms with Crippen LogP contribution in [0.1, 0.15) is 38.2 Å². The van der Waals surface area contributed by atoms with E-state index in [4.69, 9.17) is 0 Å². The van der Waals surface area contributed by atoms with Crippen molar-refractivity contribution in [2.24, 2.45) is 5.92 Å². The third-order valence-corrected chi connectivity index (χ3v) is 4.72. The lowest BCUT2D eigenvalue weighted by molar-refractivity contribution is 0.377. The summed E-state index contributed by atoms with van der Waals surface area (Å²) >= 11 is 0. The average molecular weight is 269 g/mol. The molecule has 0 unspecified atom stereocenters. The SMILES string of the molecule is C[C@H](NCc1c(O)ccc2ccccc12)C1CCCC1. The molecular formula is C18H23NO. The van der Waals surface area contributed by atoms with E-state index in [9.17, 15) is 5.11 Å². The van der Waals surface area contributed by atoms with Gasteiger partial charge in [-0.05, 0) is 42.5 Å². The van der Waals surface area contributed by atoms with Crippen LogP contribution in [0.25, 0.3) is 10.8 Å². The number of phenols is 1. The molecular weight excluding hydrogens is 246 g/mol. The van der Waals surface area contributed by atoms with Crippen LogP contribution in [0, 0.1) is 5.92 Å². The summed E-state index contributed by atoms with van der Waals surface area (Å²) in [5.74, 6) is 1.20. The number of rotatable bonds is 4.